The lowest BCUT2D eigenvalue weighted by molar-refractivity contribution is -0.119. The topological polar surface area (TPSA) is 81.4 Å². The molecule has 2 rings (SSSR count). The number of hydrogen-bond donors (Lipinski definition) is 2. The Labute approximate surface area is 141 Å². The fourth-order valence-corrected chi connectivity index (χ4v) is 2.37. The number of esters is 1. The number of anilines is 2. The summed E-state index contributed by atoms with van der Waals surface area (Å²) >= 11 is 0. The normalized spacial score (nSPS) is 10.5. The van der Waals surface area contributed by atoms with E-state index >= 15 is 0 Å². The quantitative estimate of drug-likeness (QED) is 0.651. The van der Waals surface area contributed by atoms with Gasteiger partial charge in [0.2, 0.25) is 0 Å². The van der Waals surface area contributed by atoms with Crippen LogP contribution in [0.3, 0.4) is 0 Å². The van der Waals surface area contributed by atoms with Crippen LogP contribution in [0.1, 0.15) is 41.3 Å². The molecule has 126 valence electrons. The number of benzene rings is 2. The highest BCUT2D eigenvalue weighted by Gasteiger charge is 2.15. The van der Waals surface area contributed by atoms with Gasteiger partial charge in [-0.2, -0.15) is 0 Å². The van der Waals surface area contributed by atoms with Crippen molar-refractivity contribution in [1.82, 2.24) is 0 Å². The van der Waals surface area contributed by atoms with Gasteiger partial charge in [0.25, 0.3) is 5.91 Å². The smallest absolute Gasteiger partial charge is 0.340 e. The second kappa shape index (κ2) is 7.64. The molecule has 0 atom stereocenters. The second-order valence-electron chi connectivity index (χ2n) is 5.90. The first-order valence-corrected chi connectivity index (χ1v) is 7.81. The number of carbonyl (C=O) groups excluding carboxylic acids is 2. The number of para-hydroxylation sites is 2. The molecule has 0 aliphatic heterocycles. The van der Waals surface area contributed by atoms with Crippen LogP contribution in [0, 0.1) is 6.92 Å². The van der Waals surface area contributed by atoms with Crippen molar-refractivity contribution >= 4 is 23.3 Å². The molecule has 3 N–H and O–H groups in total. The molecule has 2 aromatic carbocycles. The lowest BCUT2D eigenvalue weighted by atomic mass is 10.0. The molecule has 0 saturated heterocycles. The van der Waals surface area contributed by atoms with Crippen molar-refractivity contribution in [3.8, 4) is 0 Å². The van der Waals surface area contributed by atoms with Crippen LogP contribution in [0.25, 0.3) is 0 Å². The van der Waals surface area contributed by atoms with Crippen molar-refractivity contribution in [2.45, 2.75) is 26.7 Å². The summed E-state index contributed by atoms with van der Waals surface area (Å²) in [5.41, 5.74) is 9.05. The molecule has 0 saturated carbocycles. The molecule has 5 heteroatoms. The van der Waals surface area contributed by atoms with E-state index in [2.05, 4.69) is 5.32 Å². The van der Waals surface area contributed by atoms with Gasteiger partial charge in [-0.3, -0.25) is 4.79 Å². The highest BCUT2D eigenvalue weighted by Crippen LogP contribution is 2.23. The van der Waals surface area contributed by atoms with Gasteiger partial charge in [0.15, 0.2) is 6.61 Å². The van der Waals surface area contributed by atoms with Crippen LogP contribution < -0.4 is 11.1 Å². The summed E-state index contributed by atoms with van der Waals surface area (Å²) < 4.78 is 5.07. The van der Waals surface area contributed by atoms with Crippen LogP contribution in [0.15, 0.2) is 42.5 Å². The van der Waals surface area contributed by atoms with Crippen molar-refractivity contribution in [3.63, 3.8) is 0 Å². The maximum Gasteiger partial charge on any atom is 0.340 e. The van der Waals surface area contributed by atoms with E-state index in [1.165, 1.54) is 0 Å². The Morgan fingerprint density at radius 1 is 1.12 bits per heavy atom. The van der Waals surface area contributed by atoms with E-state index in [0.29, 0.717) is 5.69 Å². The van der Waals surface area contributed by atoms with Gasteiger partial charge in [-0.1, -0.05) is 44.2 Å². The number of carbonyl (C=O) groups is 2. The van der Waals surface area contributed by atoms with Crippen LogP contribution >= 0.6 is 0 Å². The van der Waals surface area contributed by atoms with Gasteiger partial charge in [0.05, 0.1) is 5.56 Å². The number of nitrogen functional groups attached to an aromatic ring is 1. The van der Waals surface area contributed by atoms with Gasteiger partial charge in [-0.25, -0.2) is 4.79 Å². The van der Waals surface area contributed by atoms with Crippen LogP contribution in [0.4, 0.5) is 11.4 Å². The molecule has 0 bridgehead atoms. The monoisotopic (exact) mass is 326 g/mol. The summed E-state index contributed by atoms with van der Waals surface area (Å²) in [4.78, 5) is 24.1. The van der Waals surface area contributed by atoms with E-state index in [-0.39, 0.29) is 24.0 Å². The average Bonchev–Trinajstić information content (AvgIpc) is 2.55. The number of ether oxygens (including phenoxy) is 1. The highest BCUT2D eigenvalue weighted by molar-refractivity contribution is 5.98. The molecular formula is C19H22N2O3. The number of nitrogens with two attached hydrogens (primary N) is 1. The van der Waals surface area contributed by atoms with E-state index in [9.17, 15) is 9.59 Å². The van der Waals surface area contributed by atoms with Gasteiger partial charge in [-0.05, 0) is 36.1 Å². The van der Waals surface area contributed by atoms with Crippen molar-refractivity contribution in [2.24, 2.45) is 0 Å². The van der Waals surface area contributed by atoms with Crippen molar-refractivity contribution in [2.75, 3.05) is 17.7 Å². The van der Waals surface area contributed by atoms with Crippen LogP contribution in [-0.2, 0) is 9.53 Å². The zero-order valence-corrected chi connectivity index (χ0v) is 14.1. The second-order valence-corrected chi connectivity index (χ2v) is 5.90. The van der Waals surface area contributed by atoms with Crippen LogP contribution in [0.5, 0.6) is 0 Å². The zero-order chi connectivity index (χ0) is 17.7. The van der Waals surface area contributed by atoms with Crippen molar-refractivity contribution in [1.29, 1.82) is 0 Å². The number of rotatable bonds is 5. The number of aryl methyl sites for hydroxylation is 1. The number of hydrogen-bond acceptors (Lipinski definition) is 4. The van der Waals surface area contributed by atoms with E-state index < -0.39 is 5.97 Å². The average molecular weight is 326 g/mol. The molecule has 0 radical (unpaired) electrons. The molecule has 0 aromatic heterocycles. The van der Waals surface area contributed by atoms with E-state index in [4.69, 9.17) is 10.5 Å². The first-order valence-electron chi connectivity index (χ1n) is 7.81. The third kappa shape index (κ3) is 4.13. The Morgan fingerprint density at radius 2 is 1.83 bits per heavy atom. The Kier molecular flexibility index (Phi) is 5.58. The predicted molar refractivity (Wildman–Crippen MR) is 95.0 cm³/mol. The molecule has 0 spiro atoms. The van der Waals surface area contributed by atoms with Crippen LogP contribution in [-0.4, -0.2) is 18.5 Å². The van der Waals surface area contributed by atoms with Gasteiger partial charge in [0.1, 0.15) is 0 Å². The fourth-order valence-electron chi connectivity index (χ4n) is 2.37. The summed E-state index contributed by atoms with van der Waals surface area (Å²) in [6.45, 7) is 5.54. The minimum absolute atomic E-state index is 0.269. The molecule has 24 heavy (non-hydrogen) atoms. The Morgan fingerprint density at radius 3 is 2.54 bits per heavy atom. The maximum absolute atomic E-state index is 12.1. The van der Waals surface area contributed by atoms with E-state index in [1.807, 2.05) is 51.1 Å². The van der Waals surface area contributed by atoms with Gasteiger partial charge >= 0.3 is 5.97 Å². The maximum atomic E-state index is 12.1. The summed E-state index contributed by atoms with van der Waals surface area (Å²) in [5.74, 6) is -0.720. The minimum atomic E-state index is -0.608. The minimum Gasteiger partial charge on any atom is -0.452 e. The summed E-state index contributed by atoms with van der Waals surface area (Å²) in [7, 11) is 0. The molecule has 1 amide bonds. The number of nitrogens with one attached hydrogen (secondary N) is 1. The molecule has 5 nitrogen and oxygen atoms in total. The van der Waals surface area contributed by atoms with Crippen molar-refractivity contribution in [3.05, 3.63) is 59.2 Å². The summed E-state index contributed by atoms with van der Waals surface area (Å²) in [5, 5.41) is 2.78. The van der Waals surface area contributed by atoms with Crippen LogP contribution in [0.2, 0.25) is 0 Å². The molecule has 0 fully saturated rings. The largest absolute Gasteiger partial charge is 0.452 e. The lowest BCUT2D eigenvalue weighted by Gasteiger charge is -2.14. The molecule has 2 aromatic rings. The third-order valence-corrected chi connectivity index (χ3v) is 3.74. The lowest BCUT2D eigenvalue weighted by Crippen LogP contribution is -2.22. The van der Waals surface area contributed by atoms with Crippen molar-refractivity contribution < 1.29 is 14.3 Å². The molecule has 0 aliphatic rings. The first kappa shape index (κ1) is 17.5. The first-order chi connectivity index (χ1) is 11.4. The van der Waals surface area contributed by atoms with E-state index in [0.717, 1.165) is 16.8 Å². The third-order valence-electron chi connectivity index (χ3n) is 3.74. The molecular weight excluding hydrogens is 304 g/mol. The SMILES string of the molecule is Cc1cccc(C(=O)OCC(=O)Nc2ccccc2C(C)C)c1N. The van der Waals surface area contributed by atoms with Gasteiger partial charge < -0.3 is 15.8 Å². The Balaban J connectivity index is 1.99. The molecule has 0 heterocycles. The number of amides is 1. The van der Waals surface area contributed by atoms with Gasteiger partial charge in [0, 0.05) is 11.4 Å². The summed E-state index contributed by atoms with van der Waals surface area (Å²) in [6, 6.07) is 12.7. The Hall–Kier alpha value is -2.82. The molecule has 0 aliphatic carbocycles. The summed E-state index contributed by atoms with van der Waals surface area (Å²) in [6.07, 6.45) is 0. The van der Waals surface area contributed by atoms with Gasteiger partial charge in [-0.15, -0.1) is 0 Å². The Bertz CT molecular complexity index is 754. The highest BCUT2D eigenvalue weighted by atomic mass is 16.5. The standard InChI is InChI=1S/C19H22N2O3/c1-12(2)14-8-4-5-10-16(14)21-17(22)11-24-19(23)15-9-6-7-13(3)18(15)20/h4-10,12H,11,20H2,1-3H3,(H,21,22). The zero-order valence-electron chi connectivity index (χ0n) is 14.1. The predicted octanol–water partition coefficient (Wildman–Crippen LogP) is 3.50. The van der Waals surface area contributed by atoms with E-state index in [1.54, 1.807) is 12.1 Å². The fraction of sp³-hybridized carbons (Fsp3) is 0.263. The molecule has 0 unspecified atom stereocenters.